The van der Waals surface area contributed by atoms with E-state index in [2.05, 4.69) is 10.3 Å². The van der Waals surface area contributed by atoms with Crippen LogP contribution in [-0.2, 0) is 0 Å². The van der Waals surface area contributed by atoms with E-state index in [4.69, 9.17) is 9.47 Å². The van der Waals surface area contributed by atoms with E-state index in [-0.39, 0.29) is 5.78 Å². The molecule has 0 unspecified atom stereocenters. The molecular formula is C13H14N2O3. The van der Waals surface area contributed by atoms with Crippen molar-refractivity contribution >= 4 is 11.6 Å². The molecule has 2 heterocycles. The van der Waals surface area contributed by atoms with Crippen molar-refractivity contribution in [2.75, 3.05) is 26.3 Å². The van der Waals surface area contributed by atoms with Crippen LogP contribution < -0.4 is 14.8 Å². The van der Waals surface area contributed by atoms with Gasteiger partial charge in [-0.2, -0.15) is 0 Å². The molecule has 0 saturated heterocycles. The molecule has 0 fully saturated rings. The number of carbonyl (C=O) groups excluding carboxylic acids is 1. The van der Waals surface area contributed by atoms with Gasteiger partial charge in [0.25, 0.3) is 0 Å². The van der Waals surface area contributed by atoms with Crippen molar-refractivity contribution < 1.29 is 14.3 Å². The van der Waals surface area contributed by atoms with Gasteiger partial charge in [-0.1, -0.05) is 0 Å². The topological polar surface area (TPSA) is 59.9 Å². The molecule has 1 N–H and O–H groups in total. The number of ether oxygens (including phenoxy) is 2. The Labute approximate surface area is 105 Å². The van der Waals surface area contributed by atoms with Crippen molar-refractivity contribution in [2.24, 2.45) is 4.99 Å². The fourth-order valence-corrected chi connectivity index (χ4v) is 2.04. The van der Waals surface area contributed by atoms with Crippen molar-refractivity contribution in [1.29, 1.82) is 0 Å². The number of nitrogens with one attached hydrogen (secondary N) is 1. The highest BCUT2D eigenvalue weighted by Crippen LogP contribution is 2.31. The predicted octanol–water partition coefficient (Wildman–Crippen LogP) is 1.03. The van der Waals surface area contributed by atoms with Gasteiger partial charge in [0.2, 0.25) is 0 Å². The van der Waals surface area contributed by atoms with Crippen molar-refractivity contribution in [3.05, 3.63) is 23.8 Å². The molecule has 0 amide bonds. The van der Waals surface area contributed by atoms with Gasteiger partial charge in [0, 0.05) is 12.1 Å². The Morgan fingerprint density at radius 2 is 2.11 bits per heavy atom. The Bertz CT molecular complexity index is 511. The molecule has 0 radical (unpaired) electrons. The molecule has 18 heavy (non-hydrogen) atoms. The Kier molecular flexibility index (Phi) is 2.88. The molecule has 0 bridgehead atoms. The van der Waals surface area contributed by atoms with E-state index in [0.29, 0.717) is 36.7 Å². The van der Waals surface area contributed by atoms with Gasteiger partial charge in [-0.15, -0.1) is 0 Å². The van der Waals surface area contributed by atoms with E-state index in [9.17, 15) is 4.79 Å². The zero-order valence-corrected chi connectivity index (χ0v) is 9.94. The molecule has 1 aromatic carbocycles. The largest absolute Gasteiger partial charge is 0.486 e. The first-order chi connectivity index (χ1) is 8.83. The maximum absolute atomic E-state index is 12.1. The van der Waals surface area contributed by atoms with Gasteiger partial charge in [0.15, 0.2) is 17.3 Å². The minimum Gasteiger partial charge on any atom is -0.486 e. The average Bonchev–Trinajstić information content (AvgIpc) is 2.91. The Hall–Kier alpha value is -2.04. The van der Waals surface area contributed by atoms with E-state index < -0.39 is 0 Å². The lowest BCUT2D eigenvalue weighted by molar-refractivity contribution is 0.0998. The van der Waals surface area contributed by atoms with Crippen LogP contribution in [0.15, 0.2) is 23.2 Å². The van der Waals surface area contributed by atoms with E-state index in [0.717, 1.165) is 18.9 Å². The molecule has 5 nitrogen and oxygen atoms in total. The molecule has 0 atom stereocenters. The minimum atomic E-state index is 0.0418. The summed E-state index contributed by atoms with van der Waals surface area (Å²) in [5, 5.41) is 3.09. The summed E-state index contributed by atoms with van der Waals surface area (Å²) in [6.45, 7) is 2.66. The highest BCUT2D eigenvalue weighted by Gasteiger charge is 2.17. The third-order valence-electron chi connectivity index (χ3n) is 2.94. The molecule has 94 valence electrons. The SMILES string of the molecule is O=C(CC1=NCCN1)c1ccc2c(c1)OCCO2. The average molecular weight is 246 g/mol. The molecule has 5 heteroatoms. The maximum atomic E-state index is 12.1. The molecule has 2 aliphatic heterocycles. The van der Waals surface area contributed by atoms with Crippen LogP contribution in [0.4, 0.5) is 0 Å². The van der Waals surface area contributed by atoms with Crippen molar-refractivity contribution in [3.63, 3.8) is 0 Å². The van der Waals surface area contributed by atoms with E-state index in [1.54, 1.807) is 18.2 Å². The zero-order valence-electron chi connectivity index (χ0n) is 9.94. The second-order valence-electron chi connectivity index (χ2n) is 4.21. The fourth-order valence-electron chi connectivity index (χ4n) is 2.04. The summed E-state index contributed by atoms with van der Waals surface area (Å²) < 4.78 is 10.9. The summed E-state index contributed by atoms with van der Waals surface area (Å²) in [5.74, 6) is 2.16. The van der Waals surface area contributed by atoms with E-state index >= 15 is 0 Å². The lowest BCUT2D eigenvalue weighted by Gasteiger charge is -2.18. The number of rotatable bonds is 3. The number of hydrogen-bond acceptors (Lipinski definition) is 5. The highest BCUT2D eigenvalue weighted by atomic mass is 16.6. The summed E-state index contributed by atoms with van der Waals surface area (Å²) in [4.78, 5) is 16.3. The molecule has 3 rings (SSSR count). The summed E-state index contributed by atoms with van der Waals surface area (Å²) in [6, 6.07) is 5.29. The predicted molar refractivity (Wildman–Crippen MR) is 66.7 cm³/mol. The molecule has 0 saturated carbocycles. The number of hydrogen-bond donors (Lipinski definition) is 1. The summed E-state index contributed by atoms with van der Waals surface area (Å²) >= 11 is 0. The molecule has 0 aliphatic carbocycles. The van der Waals surface area contributed by atoms with Crippen LogP contribution in [0.3, 0.4) is 0 Å². The maximum Gasteiger partial charge on any atom is 0.170 e. The molecule has 1 aromatic rings. The Balaban J connectivity index is 1.77. The van der Waals surface area contributed by atoms with Gasteiger partial charge >= 0.3 is 0 Å². The summed E-state index contributed by atoms with van der Waals surface area (Å²) in [5.41, 5.74) is 0.635. The summed E-state index contributed by atoms with van der Waals surface area (Å²) in [6.07, 6.45) is 0.319. The van der Waals surface area contributed by atoms with Gasteiger partial charge in [-0.3, -0.25) is 9.79 Å². The van der Waals surface area contributed by atoms with Gasteiger partial charge in [0.05, 0.1) is 13.0 Å². The Morgan fingerprint density at radius 3 is 2.89 bits per heavy atom. The highest BCUT2D eigenvalue weighted by molar-refractivity contribution is 6.09. The lowest BCUT2D eigenvalue weighted by Crippen LogP contribution is -2.22. The number of benzene rings is 1. The molecular weight excluding hydrogens is 232 g/mol. The van der Waals surface area contributed by atoms with Crippen molar-refractivity contribution in [3.8, 4) is 11.5 Å². The number of Topliss-reactive ketones (excluding diaryl/α,β-unsaturated/α-hetero) is 1. The van der Waals surface area contributed by atoms with E-state index in [1.807, 2.05) is 0 Å². The lowest BCUT2D eigenvalue weighted by atomic mass is 10.1. The van der Waals surface area contributed by atoms with Crippen LogP contribution in [0.25, 0.3) is 0 Å². The van der Waals surface area contributed by atoms with Crippen molar-refractivity contribution in [2.45, 2.75) is 6.42 Å². The number of ketones is 1. The Morgan fingerprint density at radius 1 is 1.28 bits per heavy atom. The van der Waals surface area contributed by atoms with Crippen LogP contribution in [0, 0.1) is 0 Å². The monoisotopic (exact) mass is 246 g/mol. The van der Waals surface area contributed by atoms with Crippen LogP contribution in [0.1, 0.15) is 16.8 Å². The summed E-state index contributed by atoms with van der Waals surface area (Å²) in [7, 11) is 0. The first kappa shape index (κ1) is 11.1. The molecule has 0 aromatic heterocycles. The minimum absolute atomic E-state index is 0.0418. The van der Waals surface area contributed by atoms with E-state index in [1.165, 1.54) is 0 Å². The standard InChI is InChI=1S/C13H14N2O3/c16-10(8-13-14-3-4-15-13)9-1-2-11-12(7-9)18-6-5-17-11/h1-2,7H,3-6,8H2,(H,14,15). The third kappa shape index (κ3) is 2.16. The number of nitrogens with zero attached hydrogens (tertiary/aromatic N) is 1. The van der Waals surface area contributed by atoms with Gasteiger partial charge in [-0.25, -0.2) is 0 Å². The van der Waals surface area contributed by atoms with Crippen LogP contribution in [0.2, 0.25) is 0 Å². The fraction of sp³-hybridized carbons (Fsp3) is 0.385. The third-order valence-corrected chi connectivity index (χ3v) is 2.94. The van der Waals surface area contributed by atoms with Gasteiger partial charge in [0.1, 0.15) is 19.0 Å². The number of fused-ring (bicyclic) bond motifs is 1. The molecule has 2 aliphatic rings. The number of carbonyl (C=O) groups is 1. The van der Waals surface area contributed by atoms with Crippen LogP contribution >= 0.6 is 0 Å². The molecule has 0 spiro atoms. The first-order valence-corrected chi connectivity index (χ1v) is 6.03. The van der Waals surface area contributed by atoms with Crippen molar-refractivity contribution in [1.82, 2.24) is 5.32 Å². The van der Waals surface area contributed by atoms with Gasteiger partial charge < -0.3 is 14.8 Å². The number of aliphatic imine (C=N–C) groups is 1. The van der Waals surface area contributed by atoms with Crippen LogP contribution in [0.5, 0.6) is 11.5 Å². The smallest absolute Gasteiger partial charge is 0.170 e. The zero-order chi connectivity index (χ0) is 12.4. The first-order valence-electron chi connectivity index (χ1n) is 6.03. The quantitative estimate of drug-likeness (QED) is 0.809. The van der Waals surface area contributed by atoms with Crippen LogP contribution in [-0.4, -0.2) is 37.9 Å². The second-order valence-corrected chi connectivity index (χ2v) is 4.21. The normalized spacial score (nSPS) is 17.0. The van der Waals surface area contributed by atoms with Gasteiger partial charge in [-0.05, 0) is 18.2 Å². The second kappa shape index (κ2) is 4.68. The number of amidine groups is 1.